The Morgan fingerprint density at radius 1 is 0.931 bits per heavy atom. The Morgan fingerprint density at radius 3 is 1.83 bits per heavy atom. The average molecular weight is 409 g/mol. The van der Waals surface area contributed by atoms with E-state index in [4.69, 9.17) is 18.9 Å². The molecule has 0 radical (unpaired) electrons. The maximum absolute atomic E-state index is 11.9. The standard InChI is InChI=1S/C24H40O5/c1-10-18(3)22(25)27-12-11-26-21-19(15-28-23(4,5)6)13-17(2)14-20(21)16-29-24(7,8)9/h13-14,18H,10-12,15-16H2,1-9H3. The molecule has 0 amide bonds. The van der Waals surface area contributed by atoms with Crippen molar-refractivity contribution in [3.8, 4) is 5.75 Å². The number of rotatable bonds is 10. The summed E-state index contributed by atoms with van der Waals surface area (Å²) < 4.78 is 23.4. The second kappa shape index (κ2) is 11.0. The molecule has 29 heavy (non-hydrogen) atoms. The van der Waals surface area contributed by atoms with Gasteiger partial charge in [-0.1, -0.05) is 31.5 Å². The molecule has 1 aromatic rings. The van der Waals surface area contributed by atoms with Crippen molar-refractivity contribution >= 4 is 5.97 Å². The zero-order chi connectivity index (χ0) is 22.2. The molecule has 1 rings (SSSR count). The van der Waals surface area contributed by atoms with E-state index in [1.54, 1.807) is 0 Å². The molecule has 0 aromatic heterocycles. The number of ether oxygens (including phenoxy) is 4. The SMILES string of the molecule is CCC(C)C(=O)OCCOc1c(COC(C)(C)C)cc(C)cc1COC(C)(C)C. The fraction of sp³-hybridized carbons (Fsp3) is 0.708. The number of esters is 1. The molecule has 0 saturated carbocycles. The first kappa shape index (κ1) is 25.4. The van der Waals surface area contributed by atoms with Crippen LogP contribution < -0.4 is 4.74 Å². The lowest BCUT2D eigenvalue weighted by Gasteiger charge is -2.24. The number of carbonyl (C=O) groups is 1. The molecule has 1 unspecified atom stereocenters. The molecule has 1 aromatic carbocycles. The molecule has 0 heterocycles. The molecule has 5 nitrogen and oxygen atoms in total. The van der Waals surface area contributed by atoms with Crippen molar-refractivity contribution in [2.45, 2.75) is 93.2 Å². The third kappa shape index (κ3) is 10.1. The van der Waals surface area contributed by atoms with Crippen LogP contribution in [0.2, 0.25) is 0 Å². The fourth-order valence-electron chi connectivity index (χ4n) is 2.51. The minimum absolute atomic E-state index is 0.0964. The lowest BCUT2D eigenvalue weighted by atomic mass is 10.0. The lowest BCUT2D eigenvalue weighted by Crippen LogP contribution is -2.21. The van der Waals surface area contributed by atoms with Crippen LogP contribution in [-0.4, -0.2) is 30.4 Å². The van der Waals surface area contributed by atoms with E-state index < -0.39 is 0 Å². The van der Waals surface area contributed by atoms with Gasteiger partial charge in [0.15, 0.2) is 0 Å². The summed E-state index contributed by atoms with van der Waals surface area (Å²) in [5.74, 6) is 0.470. The van der Waals surface area contributed by atoms with Crippen molar-refractivity contribution in [1.82, 2.24) is 0 Å². The number of aryl methyl sites for hydroxylation is 1. The first-order valence-electron chi connectivity index (χ1n) is 10.5. The minimum atomic E-state index is -0.255. The third-order valence-electron chi connectivity index (χ3n) is 4.30. The molecular weight excluding hydrogens is 368 g/mol. The predicted octanol–water partition coefficient (Wildman–Crippen LogP) is 5.59. The molecule has 1 atom stereocenters. The largest absolute Gasteiger partial charge is 0.489 e. The van der Waals surface area contributed by atoms with Gasteiger partial charge < -0.3 is 18.9 Å². The van der Waals surface area contributed by atoms with Gasteiger partial charge in [0, 0.05) is 11.1 Å². The summed E-state index contributed by atoms with van der Waals surface area (Å²) in [4.78, 5) is 11.9. The third-order valence-corrected chi connectivity index (χ3v) is 4.30. The number of benzene rings is 1. The van der Waals surface area contributed by atoms with E-state index in [0.29, 0.717) is 13.2 Å². The zero-order valence-electron chi connectivity index (χ0n) is 19.8. The quantitative estimate of drug-likeness (QED) is 0.373. The normalized spacial score (nSPS) is 13.3. The van der Waals surface area contributed by atoms with Crippen molar-refractivity contribution in [1.29, 1.82) is 0 Å². The Balaban J connectivity index is 2.96. The van der Waals surface area contributed by atoms with Crippen LogP contribution in [0.25, 0.3) is 0 Å². The molecule has 0 spiro atoms. The van der Waals surface area contributed by atoms with Gasteiger partial charge in [-0.15, -0.1) is 0 Å². The predicted molar refractivity (Wildman–Crippen MR) is 116 cm³/mol. The van der Waals surface area contributed by atoms with E-state index >= 15 is 0 Å². The van der Waals surface area contributed by atoms with E-state index in [2.05, 4.69) is 19.1 Å². The molecule has 0 bridgehead atoms. The van der Waals surface area contributed by atoms with Crippen LogP contribution in [0.1, 0.15) is 78.5 Å². The summed E-state index contributed by atoms with van der Waals surface area (Å²) >= 11 is 0. The van der Waals surface area contributed by atoms with Gasteiger partial charge in [0.25, 0.3) is 0 Å². The fourth-order valence-corrected chi connectivity index (χ4v) is 2.51. The van der Waals surface area contributed by atoms with E-state index in [1.807, 2.05) is 55.4 Å². The molecule has 0 saturated heterocycles. The molecule has 0 N–H and O–H groups in total. The number of hydrogen-bond acceptors (Lipinski definition) is 5. The lowest BCUT2D eigenvalue weighted by molar-refractivity contribution is -0.148. The first-order valence-corrected chi connectivity index (χ1v) is 10.5. The van der Waals surface area contributed by atoms with E-state index in [9.17, 15) is 4.79 Å². The van der Waals surface area contributed by atoms with Gasteiger partial charge in [0.1, 0.15) is 19.0 Å². The molecule has 5 heteroatoms. The highest BCUT2D eigenvalue weighted by Gasteiger charge is 2.19. The Morgan fingerprint density at radius 2 is 1.41 bits per heavy atom. The molecule has 0 aliphatic heterocycles. The van der Waals surface area contributed by atoms with E-state index in [-0.39, 0.29) is 36.3 Å². The van der Waals surface area contributed by atoms with Crippen LogP contribution in [0.15, 0.2) is 12.1 Å². The van der Waals surface area contributed by atoms with Gasteiger partial charge in [-0.05, 0) is 54.9 Å². The average Bonchev–Trinajstić information content (AvgIpc) is 2.60. The zero-order valence-corrected chi connectivity index (χ0v) is 19.8. The van der Waals surface area contributed by atoms with E-state index in [0.717, 1.165) is 28.9 Å². The van der Waals surface area contributed by atoms with Crippen molar-refractivity contribution in [2.24, 2.45) is 5.92 Å². The summed E-state index contributed by atoms with van der Waals surface area (Å²) in [5.41, 5.74) is 2.56. The number of hydrogen-bond donors (Lipinski definition) is 0. The Bertz CT molecular complexity index is 613. The molecule has 166 valence electrons. The van der Waals surface area contributed by atoms with Crippen molar-refractivity contribution in [3.05, 3.63) is 28.8 Å². The summed E-state index contributed by atoms with van der Waals surface area (Å²) in [7, 11) is 0. The van der Waals surface area contributed by atoms with Gasteiger partial charge in [-0.25, -0.2) is 0 Å². The molecule has 0 aliphatic carbocycles. The maximum Gasteiger partial charge on any atom is 0.308 e. The van der Waals surface area contributed by atoms with E-state index in [1.165, 1.54) is 0 Å². The van der Waals surface area contributed by atoms with Gasteiger partial charge in [0.2, 0.25) is 0 Å². The van der Waals surface area contributed by atoms with Gasteiger partial charge in [0.05, 0.1) is 30.3 Å². The monoisotopic (exact) mass is 408 g/mol. The van der Waals surface area contributed by atoms with Crippen LogP contribution in [0, 0.1) is 12.8 Å². The van der Waals surface area contributed by atoms with Crippen LogP contribution in [-0.2, 0) is 32.2 Å². The van der Waals surface area contributed by atoms with Crippen LogP contribution >= 0.6 is 0 Å². The maximum atomic E-state index is 11.9. The Hall–Kier alpha value is -1.59. The minimum Gasteiger partial charge on any atom is -0.489 e. The van der Waals surface area contributed by atoms with Crippen molar-refractivity contribution in [2.75, 3.05) is 13.2 Å². The second-order valence-electron chi connectivity index (χ2n) is 9.54. The topological polar surface area (TPSA) is 54.0 Å². The van der Waals surface area contributed by atoms with Crippen LogP contribution in [0.5, 0.6) is 5.75 Å². The highest BCUT2D eigenvalue weighted by atomic mass is 16.6. The highest BCUT2D eigenvalue weighted by Crippen LogP contribution is 2.30. The molecule has 0 fully saturated rings. The Labute approximate surface area is 177 Å². The molecular formula is C24H40O5. The summed E-state index contributed by atoms with van der Waals surface area (Å²) in [6, 6.07) is 4.15. The summed E-state index contributed by atoms with van der Waals surface area (Å²) in [5, 5.41) is 0. The van der Waals surface area contributed by atoms with Crippen molar-refractivity contribution in [3.63, 3.8) is 0 Å². The van der Waals surface area contributed by atoms with Gasteiger partial charge in [-0.3, -0.25) is 4.79 Å². The van der Waals surface area contributed by atoms with Crippen molar-refractivity contribution < 1.29 is 23.7 Å². The highest BCUT2D eigenvalue weighted by molar-refractivity contribution is 5.71. The Kier molecular flexibility index (Phi) is 9.63. The summed E-state index contributed by atoms with van der Waals surface area (Å²) in [6.07, 6.45) is 0.764. The molecule has 0 aliphatic rings. The van der Waals surface area contributed by atoms with Gasteiger partial charge in [-0.2, -0.15) is 0 Å². The number of carbonyl (C=O) groups excluding carboxylic acids is 1. The second-order valence-corrected chi connectivity index (χ2v) is 9.54. The van der Waals surface area contributed by atoms with Gasteiger partial charge >= 0.3 is 5.97 Å². The smallest absolute Gasteiger partial charge is 0.308 e. The first-order chi connectivity index (χ1) is 13.3. The van der Waals surface area contributed by atoms with Crippen LogP contribution in [0.4, 0.5) is 0 Å². The van der Waals surface area contributed by atoms with Crippen LogP contribution in [0.3, 0.4) is 0 Å². The summed E-state index contributed by atoms with van der Waals surface area (Å²) in [6.45, 7) is 19.5.